The smallest absolute Gasteiger partial charge is 0.191 e. The van der Waals surface area contributed by atoms with Crippen molar-refractivity contribution in [2.45, 2.75) is 32.9 Å². The monoisotopic (exact) mass is 385 g/mol. The number of nitrogens with zero attached hydrogens (tertiary/aromatic N) is 1. The van der Waals surface area contributed by atoms with Gasteiger partial charge in [-0.1, -0.05) is 29.8 Å². The molecular formula is C22H31N3O3. The summed E-state index contributed by atoms with van der Waals surface area (Å²) in [5.74, 6) is 2.18. The summed E-state index contributed by atoms with van der Waals surface area (Å²) in [6.07, 6.45) is -0.714. The standard InChI is InChI=1S/C22H31N3O3/c1-6-23-22(24-14-20(26)17-8-7-9-18(13-17)27-4)25-16(3)19-12-15(2)10-11-21(19)28-5/h7-13,16,20,26H,6,14H2,1-5H3,(H2,23,24,25). The van der Waals surface area contributed by atoms with E-state index < -0.39 is 6.10 Å². The second-order valence-corrected chi connectivity index (χ2v) is 6.62. The van der Waals surface area contributed by atoms with E-state index in [1.54, 1.807) is 14.2 Å². The number of aryl methyl sites for hydroxylation is 1. The Morgan fingerprint density at radius 2 is 1.93 bits per heavy atom. The summed E-state index contributed by atoms with van der Waals surface area (Å²) in [7, 11) is 3.28. The first-order chi connectivity index (χ1) is 13.5. The van der Waals surface area contributed by atoms with Gasteiger partial charge in [0.25, 0.3) is 0 Å². The first kappa shape index (κ1) is 21.6. The minimum atomic E-state index is -0.714. The highest BCUT2D eigenvalue weighted by atomic mass is 16.5. The molecule has 2 atom stereocenters. The fourth-order valence-electron chi connectivity index (χ4n) is 2.93. The SMILES string of the molecule is CCNC(=NCC(O)c1cccc(OC)c1)NC(C)c1cc(C)ccc1OC. The number of hydrogen-bond acceptors (Lipinski definition) is 4. The molecule has 0 heterocycles. The Morgan fingerprint density at radius 1 is 1.14 bits per heavy atom. The first-order valence-electron chi connectivity index (χ1n) is 9.49. The lowest BCUT2D eigenvalue weighted by atomic mass is 10.0. The Hall–Kier alpha value is -2.73. The van der Waals surface area contributed by atoms with Gasteiger partial charge < -0.3 is 25.2 Å². The molecule has 2 aromatic rings. The second-order valence-electron chi connectivity index (χ2n) is 6.62. The van der Waals surface area contributed by atoms with Gasteiger partial charge in [0.2, 0.25) is 0 Å². The van der Waals surface area contributed by atoms with Crippen molar-refractivity contribution in [3.05, 3.63) is 59.2 Å². The van der Waals surface area contributed by atoms with Crippen LogP contribution >= 0.6 is 0 Å². The summed E-state index contributed by atoms with van der Waals surface area (Å²) in [5.41, 5.74) is 2.99. The molecule has 0 aromatic heterocycles. The highest BCUT2D eigenvalue weighted by Gasteiger charge is 2.14. The van der Waals surface area contributed by atoms with Crippen LogP contribution in [0.25, 0.3) is 0 Å². The molecular weight excluding hydrogens is 354 g/mol. The van der Waals surface area contributed by atoms with Crippen molar-refractivity contribution in [1.29, 1.82) is 0 Å². The summed E-state index contributed by atoms with van der Waals surface area (Å²) in [4.78, 5) is 4.55. The number of nitrogens with one attached hydrogen (secondary N) is 2. The third kappa shape index (κ3) is 5.89. The van der Waals surface area contributed by atoms with E-state index in [4.69, 9.17) is 9.47 Å². The summed E-state index contributed by atoms with van der Waals surface area (Å²) in [5, 5.41) is 17.1. The number of aliphatic hydroxyl groups excluding tert-OH is 1. The molecule has 0 fully saturated rings. The Balaban J connectivity index is 2.12. The Labute approximate surface area is 167 Å². The number of hydrogen-bond donors (Lipinski definition) is 3. The molecule has 0 aliphatic heterocycles. The molecule has 0 aliphatic carbocycles. The van der Waals surface area contributed by atoms with E-state index in [-0.39, 0.29) is 12.6 Å². The van der Waals surface area contributed by atoms with Crippen molar-refractivity contribution in [3.8, 4) is 11.5 Å². The molecule has 6 nitrogen and oxygen atoms in total. The molecule has 3 N–H and O–H groups in total. The minimum Gasteiger partial charge on any atom is -0.497 e. The topological polar surface area (TPSA) is 75.1 Å². The highest BCUT2D eigenvalue weighted by molar-refractivity contribution is 5.80. The normalized spacial score (nSPS) is 13.6. The van der Waals surface area contributed by atoms with Gasteiger partial charge in [0, 0.05) is 12.1 Å². The second kappa shape index (κ2) is 10.6. The highest BCUT2D eigenvalue weighted by Crippen LogP contribution is 2.26. The first-order valence-corrected chi connectivity index (χ1v) is 9.49. The molecule has 0 radical (unpaired) electrons. The average Bonchev–Trinajstić information content (AvgIpc) is 2.71. The van der Waals surface area contributed by atoms with Crippen LogP contribution in [0.4, 0.5) is 0 Å². The number of guanidine groups is 1. The lowest BCUT2D eigenvalue weighted by molar-refractivity contribution is 0.186. The zero-order valence-corrected chi connectivity index (χ0v) is 17.3. The Kier molecular flexibility index (Phi) is 8.14. The van der Waals surface area contributed by atoms with Crippen LogP contribution in [0.5, 0.6) is 11.5 Å². The maximum absolute atomic E-state index is 10.5. The summed E-state index contributed by atoms with van der Waals surface area (Å²) in [6, 6.07) is 13.5. The van der Waals surface area contributed by atoms with Gasteiger partial charge in [-0.05, 0) is 44.5 Å². The van der Waals surface area contributed by atoms with E-state index in [9.17, 15) is 5.11 Å². The van der Waals surface area contributed by atoms with Crippen LogP contribution in [0.15, 0.2) is 47.5 Å². The molecule has 0 bridgehead atoms. The lowest BCUT2D eigenvalue weighted by Crippen LogP contribution is -2.39. The molecule has 28 heavy (non-hydrogen) atoms. The molecule has 152 valence electrons. The van der Waals surface area contributed by atoms with Gasteiger partial charge in [-0.15, -0.1) is 0 Å². The quantitative estimate of drug-likeness (QED) is 0.480. The van der Waals surface area contributed by atoms with Gasteiger partial charge in [0.1, 0.15) is 11.5 Å². The van der Waals surface area contributed by atoms with Crippen LogP contribution in [0.3, 0.4) is 0 Å². The minimum absolute atomic E-state index is 0.0124. The molecule has 0 amide bonds. The van der Waals surface area contributed by atoms with E-state index >= 15 is 0 Å². The maximum atomic E-state index is 10.5. The van der Waals surface area contributed by atoms with Gasteiger partial charge in [0.15, 0.2) is 5.96 Å². The van der Waals surface area contributed by atoms with Gasteiger partial charge in [-0.2, -0.15) is 0 Å². The number of rotatable bonds is 8. The third-order valence-corrected chi connectivity index (χ3v) is 4.45. The lowest BCUT2D eigenvalue weighted by Gasteiger charge is -2.21. The van der Waals surface area contributed by atoms with Crippen molar-refractivity contribution in [2.24, 2.45) is 4.99 Å². The Morgan fingerprint density at radius 3 is 2.61 bits per heavy atom. The number of methoxy groups -OCH3 is 2. The van der Waals surface area contributed by atoms with Crippen molar-refractivity contribution in [1.82, 2.24) is 10.6 Å². The van der Waals surface area contributed by atoms with Crippen LogP contribution in [-0.2, 0) is 0 Å². The largest absolute Gasteiger partial charge is 0.497 e. The van der Waals surface area contributed by atoms with E-state index in [0.29, 0.717) is 11.7 Å². The van der Waals surface area contributed by atoms with Crippen molar-refractivity contribution in [3.63, 3.8) is 0 Å². The van der Waals surface area contributed by atoms with E-state index in [1.807, 2.05) is 43.3 Å². The molecule has 0 spiro atoms. The summed E-state index contributed by atoms with van der Waals surface area (Å²) < 4.78 is 10.7. The molecule has 2 unspecified atom stereocenters. The van der Waals surface area contributed by atoms with Crippen molar-refractivity contribution >= 4 is 5.96 Å². The fraction of sp³-hybridized carbons (Fsp3) is 0.409. The average molecular weight is 386 g/mol. The predicted molar refractivity (Wildman–Crippen MR) is 113 cm³/mol. The van der Waals surface area contributed by atoms with Gasteiger partial charge in [0.05, 0.1) is 32.9 Å². The number of aliphatic hydroxyl groups is 1. The maximum Gasteiger partial charge on any atom is 0.191 e. The molecule has 6 heteroatoms. The van der Waals surface area contributed by atoms with E-state index in [2.05, 4.69) is 35.5 Å². The van der Waals surface area contributed by atoms with Crippen LogP contribution in [0, 0.1) is 6.92 Å². The molecule has 0 aliphatic rings. The molecule has 2 rings (SSSR count). The Bertz CT molecular complexity index is 792. The van der Waals surface area contributed by atoms with E-state index in [0.717, 1.165) is 23.4 Å². The molecule has 2 aromatic carbocycles. The number of aliphatic imine (C=N–C) groups is 1. The van der Waals surface area contributed by atoms with Gasteiger partial charge >= 0.3 is 0 Å². The molecule has 0 saturated carbocycles. The van der Waals surface area contributed by atoms with Crippen molar-refractivity contribution < 1.29 is 14.6 Å². The zero-order chi connectivity index (χ0) is 20.5. The zero-order valence-electron chi connectivity index (χ0n) is 17.3. The van der Waals surface area contributed by atoms with Crippen molar-refractivity contribution in [2.75, 3.05) is 27.3 Å². The summed E-state index contributed by atoms with van der Waals surface area (Å²) >= 11 is 0. The van der Waals surface area contributed by atoms with Crippen LogP contribution in [0.1, 0.15) is 42.7 Å². The predicted octanol–water partition coefficient (Wildman–Crippen LogP) is 3.36. The van der Waals surface area contributed by atoms with E-state index in [1.165, 1.54) is 5.56 Å². The summed E-state index contributed by atoms with van der Waals surface area (Å²) in [6.45, 7) is 7.08. The number of ether oxygens (including phenoxy) is 2. The fourth-order valence-corrected chi connectivity index (χ4v) is 2.93. The van der Waals surface area contributed by atoms with Gasteiger partial charge in [-0.25, -0.2) is 0 Å². The van der Waals surface area contributed by atoms with Gasteiger partial charge in [-0.3, -0.25) is 4.99 Å². The van der Waals surface area contributed by atoms with Crippen LogP contribution < -0.4 is 20.1 Å². The number of benzene rings is 2. The van der Waals surface area contributed by atoms with Crippen LogP contribution in [-0.4, -0.2) is 38.4 Å². The molecule has 0 saturated heterocycles. The van der Waals surface area contributed by atoms with Crippen LogP contribution in [0.2, 0.25) is 0 Å². The third-order valence-electron chi connectivity index (χ3n) is 4.45.